The second kappa shape index (κ2) is 24.6. The first-order valence-electron chi connectivity index (χ1n) is 22.2. The summed E-state index contributed by atoms with van der Waals surface area (Å²) in [6.07, 6.45) is 5.48. The summed E-state index contributed by atoms with van der Waals surface area (Å²) in [5, 5.41) is 26.5. The maximum atomic E-state index is 13.3. The zero-order valence-corrected chi connectivity index (χ0v) is 37.9. The van der Waals surface area contributed by atoms with Crippen molar-refractivity contribution >= 4 is 64.5 Å². The summed E-state index contributed by atoms with van der Waals surface area (Å²) >= 11 is 0. The third-order valence-electron chi connectivity index (χ3n) is 11.1. The van der Waals surface area contributed by atoms with Crippen molar-refractivity contribution in [3.8, 4) is 17.9 Å². The Morgan fingerprint density at radius 1 is 0.924 bits per heavy atom. The molecule has 19 heteroatoms. The number of unbranched alkanes of at least 4 members (excludes halogenated alkanes) is 1. The van der Waals surface area contributed by atoms with Crippen LogP contribution in [0.25, 0.3) is 0 Å². The van der Waals surface area contributed by atoms with Crippen LogP contribution in [0.2, 0.25) is 0 Å². The van der Waals surface area contributed by atoms with E-state index in [0.717, 1.165) is 17.0 Å². The quantitative estimate of drug-likeness (QED) is 0.0455. The number of hydrogen-bond acceptors (Lipinski definition) is 14. The number of aromatic nitrogens is 2. The van der Waals surface area contributed by atoms with Crippen molar-refractivity contribution < 1.29 is 33.6 Å². The predicted molar refractivity (Wildman–Crippen MR) is 247 cm³/mol. The Morgan fingerprint density at radius 2 is 1.68 bits per heavy atom. The summed E-state index contributed by atoms with van der Waals surface area (Å²) in [4.78, 5) is 102. The number of nitrogens with one attached hydrogen (secondary N) is 6. The van der Waals surface area contributed by atoms with Crippen LogP contribution in [-0.2, 0) is 24.0 Å². The highest BCUT2D eigenvalue weighted by molar-refractivity contribution is 6.25. The molecule has 66 heavy (non-hydrogen) atoms. The van der Waals surface area contributed by atoms with Crippen molar-refractivity contribution in [3.05, 3.63) is 70.9 Å². The average molecular weight is 903 g/mol. The van der Waals surface area contributed by atoms with Crippen molar-refractivity contribution in [1.82, 2.24) is 40.6 Å². The highest BCUT2D eigenvalue weighted by Crippen LogP contribution is 2.32. The van der Waals surface area contributed by atoms with E-state index in [1.54, 1.807) is 56.6 Å². The van der Waals surface area contributed by atoms with Gasteiger partial charge < -0.3 is 36.4 Å². The molecule has 0 spiro atoms. The van der Waals surface area contributed by atoms with Gasteiger partial charge in [0.15, 0.2) is 0 Å². The normalized spacial score (nSPS) is 14.6. The van der Waals surface area contributed by atoms with E-state index in [1.165, 1.54) is 11.0 Å². The van der Waals surface area contributed by atoms with Gasteiger partial charge in [0, 0.05) is 70.3 Å². The average Bonchev–Trinajstić information content (AvgIpc) is 3.56. The molecule has 0 aliphatic carbocycles. The number of hydrogen-bond donors (Lipinski definition) is 6. The Kier molecular flexibility index (Phi) is 18.5. The van der Waals surface area contributed by atoms with Gasteiger partial charge in [-0.05, 0) is 95.6 Å². The molecule has 7 amide bonds. The van der Waals surface area contributed by atoms with Gasteiger partial charge in [-0.15, -0.1) is 0 Å². The Hall–Kier alpha value is -7.38. The third-order valence-corrected chi connectivity index (χ3v) is 11.1. The SMILES string of the molecule is CCCNc1nc(Nc2ccc(C#N)cc2)ncc1C#CCCCNC(=O)[C@H](C)N(C)C(=O)CCCN(C)CCCNC(=O)CCNc1cccc2c1C(=O)N(C1CCC(=O)NC1=O)C2=O. The van der Waals surface area contributed by atoms with Gasteiger partial charge in [-0.25, -0.2) is 4.98 Å². The van der Waals surface area contributed by atoms with E-state index in [-0.39, 0.29) is 61.1 Å². The lowest BCUT2D eigenvalue weighted by atomic mass is 10.0. The number of piperidine rings is 1. The Morgan fingerprint density at radius 3 is 2.42 bits per heavy atom. The van der Waals surface area contributed by atoms with Gasteiger partial charge in [-0.1, -0.05) is 24.8 Å². The van der Waals surface area contributed by atoms with Gasteiger partial charge in [0.05, 0.1) is 34.5 Å². The van der Waals surface area contributed by atoms with E-state index in [4.69, 9.17) is 5.26 Å². The smallest absolute Gasteiger partial charge is 0.264 e. The van der Waals surface area contributed by atoms with Gasteiger partial charge in [0.25, 0.3) is 11.8 Å². The standard InChI is InChI=1S/C47H58N12O7/c1-5-23-51-42-33(30-53-47(56-42)54-34-18-16-32(29-48)17-19-34)12-7-6-8-24-52-43(63)31(2)58(4)40(62)15-10-27-57(3)28-11-25-50-38(60)22-26-49-36-14-9-13-35-41(36)46(66)59(45(35)65)37-20-21-39(61)55-44(37)64/h9,13-14,16-19,30-31,37,49H,5-6,8,10-11,15,20-28H2,1-4H3,(H,50,60)(H,52,63)(H,55,61,64)(H2,51,53,54,56)/t31-,37?/m0/s1. The number of nitrogens with zero attached hydrogens (tertiary/aromatic N) is 6. The van der Waals surface area contributed by atoms with E-state index >= 15 is 0 Å². The molecule has 2 atom stereocenters. The number of anilines is 4. The Bertz CT molecular complexity index is 2370. The highest BCUT2D eigenvalue weighted by Gasteiger charge is 2.45. The van der Waals surface area contributed by atoms with Crippen molar-refractivity contribution in [2.45, 2.75) is 83.7 Å². The Labute approximate surface area is 384 Å². The Balaban J connectivity index is 0.925. The number of fused-ring (bicyclic) bond motifs is 1. The fourth-order valence-corrected chi connectivity index (χ4v) is 7.18. The first kappa shape index (κ1) is 49.6. The van der Waals surface area contributed by atoms with Crippen LogP contribution in [0.3, 0.4) is 0 Å². The molecule has 1 aromatic heterocycles. The van der Waals surface area contributed by atoms with Gasteiger partial charge in [-0.3, -0.25) is 43.8 Å². The van der Waals surface area contributed by atoms with Gasteiger partial charge >= 0.3 is 0 Å². The number of amides is 7. The molecular weight excluding hydrogens is 845 g/mol. The fourth-order valence-electron chi connectivity index (χ4n) is 7.18. The second-order valence-electron chi connectivity index (χ2n) is 16.0. The maximum Gasteiger partial charge on any atom is 0.264 e. The molecule has 0 bridgehead atoms. The number of imide groups is 2. The molecule has 348 valence electrons. The summed E-state index contributed by atoms with van der Waals surface area (Å²) in [6, 6.07) is 12.2. The number of benzene rings is 2. The van der Waals surface area contributed by atoms with Gasteiger partial charge in [0.2, 0.25) is 35.5 Å². The van der Waals surface area contributed by atoms with E-state index in [2.05, 4.69) is 71.6 Å². The van der Waals surface area contributed by atoms with Crippen molar-refractivity contribution in [1.29, 1.82) is 5.26 Å². The first-order chi connectivity index (χ1) is 31.8. The molecule has 2 aliphatic heterocycles. The topological polar surface area (TPSA) is 251 Å². The predicted octanol–water partition coefficient (Wildman–Crippen LogP) is 3.13. The van der Waals surface area contributed by atoms with Crippen molar-refractivity contribution in [3.63, 3.8) is 0 Å². The lowest BCUT2D eigenvalue weighted by molar-refractivity contribution is -0.138. The number of carbonyl (C=O) groups excluding carboxylic acids is 7. The molecule has 0 radical (unpaired) electrons. The molecule has 19 nitrogen and oxygen atoms in total. The minimum atomic E-state index is -1.06. The van der Waals surface area contributed by atoms with Crippen LogP contribution in [0, 0.1) is 23.2 Å². The highest BCUT2D eigenvalue weighted by atomic mass is 16.2. The monoisotopic (exact) mass is 902 g/mol. The number of rotatable bonds is 23. The lowest BCUT2D eigenvalue weighted by Gasteiger charge is -2.27. The van der Waals surface area contributed by atoms with Crippen LogP contribution in [0.1, 0.15) is 103 Å². The van der Waals surface area contributed by atoms with Crippen LogP contribution in [0.5, 0.6) is 0 Å². The molecule has 0 saturated carbocycles. The van der Waals surface area contributed by atoms with E-state index in [1.807, 2.05) is 7.05 Å². The van der Waals surface area contributed by atoms with Gasteiger partial charge in [-0.2, -0.15) is 10.2 Å². The number of carbonyl (C=O) groups is 7. The van der Waals surface area contributed by atoms with Crippen LogP contribution >= 0.6 is 0 Å². The summed E-state index contributed by atoms with van der Waals surface area (Å²) in [6.45, 7) is 6.87. The molecule has 3 aromatic rings. The summed E-state index contributed by atoms with van der Waals surface area (Å²) in [5.41, 5.74) is 2.65. The molecule has 5 rings (SSSR count). The minimum absolute atomic E-state index is 0.0286. The molecule has 1 saturated heterocycles. The number of likely N-dealkylation sites (N-methyl/N-ethyl adjacent to an activating group) is 1. The van der Waals surface area contributed by atoms with E-state index in [9.17, 15) is 33.6 Å². The van der Waals surface area contributed by atoms with Crippen LogP contribution in [0.15, 0.2) is 48.7 Å². The van der Waals surface area contributed by atoms with E-state index in [0.29, 0.717) is 87.0 Å². The largest absolute Gasteiger partial charge is 0.384 e. The van der Waals surface area contributed by atoms with Crippen molar-refractivity contribution in [2.24, 2.45) is 0 Å². The first-order valence-corrected chi connectivity index (χ1v) is 22.2. The third kappa shape index (κ3) is 13.8. The molecule has 6 N–H and O–H groups in total. The summed E-state index contributed by atoms with van der Waals surface area (Å²) in [5.74, 6) is 4.36. The zero-order chi connectivity index (χ0) is 47.6. The van der Waals surface area contributed by atoms with Gasteiger partial charge in [0.1, 0.15) is 17.9 Å². The molecular formula is C47H58N12O7. The summed E-state index contributed by atoms with van der Waals surface area (Å²) in [7, 11) is 3.57. The van der Waals surface area contributed by atoms with Crippen LogP contribution < -0.4 is 31.9 Å². The molecule has 2 aromatic carbocycles. The second-order valence-corrected chi connectivity index (χ2v) is 16.0. The zero-order valence-electron chi connectivity index (χ0n) is 37.9. The fraction of sp³-hybridized carbons (Fsp3) is 0.447. The lowest BCUT2D eigenvalue weighted by Crippen LogP contribution is -2.54. The molecule has 2 aliphatic rings. The van der Waals surface area contributed by atoms with Crippen LogP contribution in [-0.4, -0.2) is 131 Å². The number of nitriles is 1. The maximum absolute atomic E-state index is 13.3. The molecule has 1 fully saturated rings. The molecule has 3 heterocycles. The summed E-state index contributed by atoms with van der Waals surface area (Å²) < 4.78 is 0. The van der Waals surface area contributed by atoms with Crippen molar-refractivity contribution in [2.75, 3.05) is 69.3 Å². The van der Waals surface area contributed by atoms with E-state index < -0.39 is 35.7 Å². The molecule has 1 unspecified atom stereocenters. The van der Waals surface area contributed by atoms with Crippen LogP contribution in [0.4, 0.5) is 23.1 Å². The minimum Gasteiger partial charge on any atom is -0.384 e.